The van der Waals surface area contributed by atoms with Crippen LogP contribution in [0.3, 0.4) is 0 Å². The van der Waals surface area contributed by atoms with E-state index in [1.54, 1.807) is 11.3 Å². The van der Waals surface area contributed by atoms with Gasteiger partial charge < -0.3 is 14.4 Å². The van der Waals surface area contributed by atoms with Crippen LogP contribution in [0.4, 0.5) is 0 Å². The van der Waals surface area contributed by atoms with E-state index in [1.807, 2.05) is 53.1 Å². The highest BCUT2D eigenvalue weighted by Gasteiger charge is 2.31. The van der Waals surface area contributed by atoms with Crippen LogP contribution in [0.15, 0.2) is 72.1 Å². The summed E-state index contributed by atoms with van der Waals surface area (Å²) in [5.74, 6) is 0.159. The molecule has 2 amide bonds. The highest BCUT2D eigenvalue weighted by Crippen LogP contribution is 2.28. The highest BCUT2D eigenvalue weighted by atomic mass is 32.1. The van der Waals surface area contributed by atoms with Gasteiger partial charge in [0.15, 0.2) is 0 Å². The van der Waals surface area contributed by atoms with Crippen molar-refractivity contribution in [2.24, 2.45) is 0 Å². The summed E-state index contributed by atoms with van der Waals surface area (Å²) in [6.45, 7) is 6.44. The molecule has 0 spiro atoms. The second-order valence-corrected chi connectivity index (χ2v) is 10.0. The lowest BCUT2D eigenvalue weighted by Gasteiger charge is -2.40. The normalized spacial score (nSPS) is 16.2. The van der Waals surface area contributed by atoms with E-state index < -0.39 is 0 Å². The lowest BCUT2D eigenvalue weighted by atomic mass is 10.1. The molecule has 1 atom stereocenters. The van der Waals surface area contributed by atoms with Crippen LogP contribution in [0.25, 0.3) is 10.2 Å². The number of amides is 2. The first-order chi connectivity index (χ1) is 16.5. The zero-order chi connectivity index (χ0) is 23.7. The van der Waals surface area contributed by atoms with Crippen LogP contribution in [0.1, 0.15) is 34.1 Å². The Kier molecular flexibility index (Phi) is 6.24. The molecule has 5 nitrogen and oxygen atoms in total. The molecular formula is C28H29N3O2S. The summed E-state index contributed by atoms with van der Waals surface area (Å²) in [6, 6.07) is 22.3. The van der Waals surface area contributed by atoms with E-state index in [4.69, 9.17) is 0 Å². The van der Waals surface area contributed by atoms with E-state index in [-0.39, 0.29) is 17.9 Å². The van der Waals surface area contributed by atoms with Crippen LogP contribution < -0.4 is 0 Å². The zero-order valence-corrected chi connectivity index (χ0v) is 20.4. The van der Waals surface area contributed by atoms with Crippen molar-refractivity contribution in [3.05, 3.63) is 94.5 Å². The molecule has 174 valence electrons. The Morgan fingerprint density at radius 2 is 1.76 bits per heavy atom. The van der Waals surface area contributed by atoms with Crippen molar-refractivity contribution in [3.63, 3.8) is 0 Å². The number of fused-ring (bicyclic) bond motifs is 1. The Bertz CT molecular complexity index is 1320. The average molecular weight is 472 g/mol. The SMILES string of the molecule is Cc1cccc(Cn2c(C(=O)N3CCN(C(=O)Cc4ccccc4)C(C)C3)cc3ccsc32)c1. The number of aryl methyl sites for hydroxylation is 1. The first kappa shape index (κ1) is 22.4. The minimum absolute atomic E-state index is 0.0183. The predicted octanol–water partition coefficient (Wildman–Crippen LogP) is 4.98. The molecule has 0 aliphatic carbocycles. The molecule has 34 heavy (non-hydrogen) atoms. The smallest absolute Gasteiger partial charge is 0.270 e. The second kappa shape index (κ2) is 9.47. The minimum atomic E-state index is -0.0183. The number of rotatable bonds is 5. The van der Waals surface area contributed by atoms with Crippen molar-refractivity contribution in [3.8, 4) is 0 Å². The van der Waals surface area contributed by atoms with Gasteiger partial charge >= 0.3 is 0 Å². The van der Waals surface area contributed by atoms with Crippen molar-refractivity contribution in [1.82, 2.24) is 14.4 Å². The highest BCUT2D eigenvalue weighted by molar-refractivity contribution is 7.16. The number of piperazine rings is 1. The molecule has 3 heterocycles. The van der Waals surface area contributed by atoms with Crippen molar-refractivity contribution in [2.45, 2.75) is 32.9 Å². The van der Waals surface area contributed by atoms with Crippen molar-refractivity contribution in [1.29, 1.82) is 0 Å². The molecule has 0 radical (unpaired) electrons. The molecule has 4 aromatic rings. The third-order valence-corrected chi connectivity index (χ3v) is 7.53. The van der Waals surface area contributed by atoms with Crippen LogP contribution in [-0.2, 0) is 17.8 Å². The summed E-state index contributed by atoms with van der Waals surface area (Å²) >= 11 is 1.67. The predicted molar refractivity (Wildman–Crippen MR) is 137 cm³/mol. The number of nitrogens with zero attached hydrogens (tertiary/aromatic N) is 3. The van der Waals surface area contributed by atoms with Gasteiger partial charge in [-0.15, -0.1) is 11.3 Å². The molecule has 1 aliphatic heterocycles. The molecule has 5 rings (SSSR count). The third-order valence-electron chi connectivity index (χ3n) is 6.58. The number of carbonyl (C=O) groups is 2. The number of hydrogen-bond acceptors (Lipinski definition) is 3. The summed E-state index contributed by atoms with van der Waals surface area (Å²) < 4.78 is 2.15. The molecule has 1 aliphatic rings. The Morgan fingerprint density at radius 1 is 0.971 bits per heavy atom. The largest absolute Gasteiger partial charge is 0.336 e. The van der Waals surface area contributed by atoms with Gasteiger partial charge in [0, 0.05) is 37.6 Å². The van der Waals surface area contributed by atoms with Gasteiger partial charge in [-0.1, -0.05) is 60.2 Å². The standard InChI is InChI=1S/C28H29N3O2S/c1-20-7-6-10-23(15-20)19-31-25(17-24-11-14-34-28(24)31)27(33)29-12-13-30(21(2)18-29)26(32)16-22-8-4-3-5-9-22/h3-11,14-15,17,21H,12-13,16,18-19H2,1-2H3. The third kappa shape index (κ3) is 4.50. The maximum atomic E-state index is 13.7. The second-order valence-electron chi connectivity index (χ2n) is 9.14. The number of thiophene rings is 1. The van der Waals surface area contributed by atoms with E-state index in [0.29, 0.717) is 32.6 Å². The fraction of sp³-hybridized carbons (Fsp3) is 0.286. The number of hydrogen-bond donors (Lipinski definition) is 0. The monoisotopic (exact) mass is 471 g/mol. The number of carbonyl (C=O) groups excluding carboxylic acids is 2. The molecule has 2 aromatic carbocycles. The summed E-state index contributed by atoms with van der Waals surface area (Å²) in [7, 11) is 0. The van der Waals surface area contributed by atoms with Crippen LogP contribution in [0.2, 0.25) is 0 Å². The van der Waals surface area contributed by atoms with Gasteiger partial charge in [0.05, 0.1) is 6.42 Å². The van der Waals surface area contributed by atoms with Crippen molar-refractivity contribution < 1.29 is 9.59 Å². The Labute approximate surface area is 204 Å². The van der Waals surface area contributed by atoms with Crippen LogP contribution in [0.5, 0.6) is 0 Å². The van der Waals surface area contributed by atoms with E-state index in [2.05, 4.69) is 47.2 Å². The molecular weight excluding hydrogens is 442 g/mol. The van der Waals surface area contributed by atoms with Gasteiger partial charge in [-0.25, -0.2) is 0 Å². The average Bonchev–Trinajstić information content (AvgIpc) is 3.42. The fourth-order valence-corrected chi connectivity index (χ4v) is 5.75. The minimum Gasteiger partial charge on any atom is -0.336 e. The quantitative estimate of drug-likeness (QED) is 0.412. The number of aromatic nitrogens is 1. The Hall–Kier alpha value is -3.38. The summed E-state index contributed by atoms with van der Waals surface area (Å²) in [5, 5.41) is 3.18. The van der Waals surface area contributed by atoms with Gasteiger partial charge in [0.2, 0.25) is 5.91 Å². The molecule has 1 saturated heterocycles. The summed E-state index contributed by atoms with van der Waals surface area (Å²) in [4.78, 5) is 31.5. The van der Waals surface area contributed by atoms with Gasteiger partial charge in [0.1, 0.15) is 10.5 Å². The first-order valence-electron chi connectivity index (χ1n) is 11.7. The fourth-order valence-electron chi connectivity index (χ4n) is 4.85. The van der Waals surface area contributed by atoms with Crippen LogP contribution in [-0.4, -0.2) is 51.9 Å². The molecule has 1 unspecified atom stereocenters. The van der Waals surface area contributed by atoms with E-state index in [0.717, 1.165) is 21.5 Å². The van der Waals surface area contributed by atoms with E-state index >= 15 is 0 Å². The van der Waals surface area contributed by atoms with Crippen molar-refractivity contribution >= 4 is 33.4 Å². The Morgan fingerprint density at radius 3 is 2.53 bits per heavy atom. The van der Waals surface area contributed by atoms with Gasteiger partial charge in [-0.2, -0.15) is 0 Å². The molecule has 0 N–H and O–H groups in total. The molecule has 6 heteroatoms. The number of benzene rings is 2. The van der Waals surface area contributed by atoms with Crippen LogP contribution in [0, 0.1) is 6.92 Å². The van der Waals surface area contributed by atoms with E-state index in [1.165, 1.54) is 11.1 Å². The maximum Gasteiger partial charge on any atom is 0.270 e. The molecule has 0 saturated carbocycles. The Balaban J connectivity index is 1.33. The molecule has 1 fully saturated rings. The lowest BCUT2D eigenvalue weighted by molar-refractivity contribution is -0.134. The summed E-state index contributed by atoms with van der Waals surface area (Å²) in [6.07, 6.45) is 0.398. The van der Waals surface area contributed by atoms with Crippen LogP contribution >= 0.6 is 11.3 Å². The van der Waals surface area contributed by atoms with Gasteiger partial charge in [0.25, 0.3) is 5.91 Å². The van der Waals surface area contributed by atoms with Crippen molar-refractivity contribution in [2.75, 3.05) is 19.6 Å². The maximum absolute atomic E-state index is 13.7. The molecule has 0 bridgehead atoms. The topological polar surface area (TPSA) is 45.6 Å². The van der Waals surface area contributed by atoms with Gasteiger partial charge in [-0.3, -0.25) is 9.59 Å². The first-order valence-corrected chi connectivity index (χ1v) is 12.6. The zero-order valence-electron chi connectivity index (χ0n) is 19.6. The van der Waals surface area contributed by atoms with E-state index in [9.17, 15) is 9.59 Å². The summed E-state index contributed by atoms with van der Waals surface area (Å²) in [5.41, 5.74) is 4.14. The molecule has 2 aromatic heterocycles. The van der Waals surface area contributed by atoms with Gasteiger partial charge in [-0.05, 0) is 42.5 Å². The lowest BCUT2D eigenvalue weighted by Crippen LogP contribution is -2.56.